The van der Waals surface area contributed by atoms with Gasteiger partial charge in [-0.1, -0.05) is 36.4 Å². The average Bonchev–Trinajstić information content (AvgIpc) is 3.62. The van der Waals surface area contributed by atoms with Gasteiger partial charge in [-0.3, -0.25) is 0 Å². The van der Waals surface area contributed by atoms with Crippen LogP contribution in [0.25, 0.3) is 65.0 Å². The zero-order chi connectivity index (χ0) is 42.4. The second-order valence-corrected chi connectivity index (χ2v) is 13.9. The highest BCUT2D eigenvalue weighted by Crippen LogP contribution is 2.48. The fourth-order valence-corrected chi connectivity index (χ4v) is 8.28. The lowest BCUT2D eigenvalue weighted by molar-refractivity contribution is 0.376. The Balaban J connectivity index is 1.31. The summed E-state index contributed by atoms with van der Waals surface area (Å²) in [5, 5.41) is -8.32. The predicted octanol–water partition coefficient (Wildman–Crippen LogP) is 12.3. The molecule has 0 atom stereocenters. The van der Waals surface area contributed by atoms with Crippen LogP contribution < -0.4 is 14.8 Å². The molecule has 0 unspecified atom stereocenters. The highest BCUT2D eigenvalue weighted by Gasteiger charge is 2.43. The van der Waals surface area contributed by atoms with E-state index in [1.807, 2.05) is 0 Å². The molecule has 0 heterocycles. The highest BCUT2D eigenvalue weighted by molar-refractivity contribution is 6.66. The van der Waals surface area contributed by atoms with Crippen molar-refractivity contribution in [3.8, 4) is 22.6 Å². The molecule has 0 spiro atoms. The van der Waals surface area contributed by atoms with E-state index < -0.39 is 177 Å². The molecule has 0 radical (unpaired) electrons. The fourth-order valence-electron chi connectivity index (χ4n) is 8.28. The molecule has 60 heavy (non-hydrogen) atoms. The molecule has 0 fully saturated rings. The van der Waals surface area contributed by atoms with E-state index in [1.165, 1.54) is 12.1 Å². The van der Waals surface area contributed by atoms with Crippen LogP contribution in [-0.2, 0) is 6.42 Å². The second-order valence-electron chi connectivity index (χ2n) is 13.9. The van der Waals surface area contributed by atoms with Crippen LogP contribution in [0.2, 0.25) is 0 Å². The topological polar surface area (TPSA) is 18.5 Å². The molecular weight excluding hydrogens is 825 g/mol. The Hall–Kier alpha value is -6.78. The molecule has 2 nitrogen and oxygen atoms in total. The summed E-state index contributed by atoms with van der Waals surface area (Å²) in [6.07, 6.45) is -0.629. The van der Waals surface area contributed by atoms with Crippen molar-refractivity contribution in [1.82, 2.24) is 0 Å². The van der Waals surface area contributed by atoms with Gasteiger partial charge in [0.25, 0.3) is 0 Å². The van der Waals surface area contributed by atoms with Crippen LogP contribution in [0.4, 0.5) is 61.5 Å². The summed E-state index contributed by atoms with van der Waals surface area (Å²) in [4.78, 5) is 0. The van der Waals surface area contributed by atoms with Gasteiger partial charge in [0, 0.05) is 39.3 Å². The molecule has 0 bridgehead atoms. The maximum Gasteiger partial charge on any atom is 0.636 e. The van der Waals surface area contributed by atoms with Gasteiger partial charge in [-0.25, -0.2) is 52.7 Å². The van der Waals surface area contributed by atoms with Gasteiger partial charge in [0.15, 0.2) is 52.4 Å². The highest BCUT2D eigenvalue weighted by atomic mass is 19.2. The van der Waals surface area contributed by atoms with Crippen LogP contribution in [-0.4, -0.2) is 7.12 Å². The first-order valence-electron chi connectivity index (χ1n) is 17.4. The van der Waals surface area contributed by atoms with E-state index in [0.717, 1.165) is 48.5 Å². The van der Waals surface area contributed by atoms with E-state index in [0.29, 0.717) is 6.07 Å². The number of benzene rings is 9. The summed E-state index contributed by atoms with van der Waals surface area (Å²) in [5.41, 5.74) is -3.69. The Bertz CT molecular complexity index is 3430. The summed E-state index contributed by atoms with van der Waals surface area (Å²) >= 11 is 0. The monoisotopic (exact) mass is 838 g/mol. The summed E-state index contributed by atoms with van der Waals surface area (Å²) in [7, 11) is -3.06. The van der Waals surface area contributed by atoms with Crippen molar-refractivity contribution in [2.45, 2.75) is 6.42 Å². The summed E-state index contributed by atoms with van der Waals surface area (Å²) in [5.74, 6) is -30.3. The number of hydrogen-bond acceptors (Lipinski definition) is 2. The minimum atomic E-state index is -3.06. The van der Waals surface area contributed by atoms with Gasteiger partial charge in [-0.2, -0.15) is 8.78 Å². The molecule has 17 heteroatoms. The van der Waals surface area contributed by atoms with Crippen LogP contribution in [0, 0.1) is 81.4 Å². The molecule has 0 N–H and O–H groups in total. The maximum absolute atomic E-state index is 16.5. The summed E-state index contributed by atoms with van der Waals surface area (Å²) in [6, 6.07) is 10.7. The van der Waals surface area contributed by atoms with Crippen LogP contribution in [0.5, 0.6) is 11.5 Å². The van der Waals surface area contributed by atoms with E-state index in [9.17, 15) is 4.39 Å². The van der Waals surface area contributed by atoms with Gasteiger partial charge >= 0.3 is 7.12 Å². The van der Waals surface area contributed by atoms with Crippen LogP contribution >= 0.6 is 0 Å². The van der Waals surface area contributed by atoms with Crippen molar-refractivity contribution in [3.63, 3.8) is 0 Å². The zero-order valence-corrected chi connectivity index (χ0v) is 29.2. The van der Waals surface area contributed by atoms with Crippen molar-refractivity contribution in [3.05, 3.63) is 159 Å². The van der Waals surface area contributed by atoms with Crippen molar-refractivity contribution in [1.29, 1.82) is 0 Å². The first-order chi connectivity index (χ1) is 28.6. The molecule has 0 amide bonds. The molecule has 0 saturated carbocycles. The Morgan fingerprint density at radius 1 is 0.383 bits per heavy atom. The molecule has 0 aromatic heterocycles. The quantitative estimate of drug-likeness (QED) is 0.0565. The number of halogens is 14. The fraction of sp³-hybridized carbons (Fsp3) is 0.0233. The molecular formula is C43H13BF14O2. The SMILES string of the molecule is Fc1cccc2c1-c1c(F)c(F)c(F)c(OB(Oc3c(F)c(F)c4c(F)c(F)c5c(F)ccc6ccc3c4c65)c3c(F)c(F)c(F)c4c(F)c5c(F)cccc5cc34)c1C2. The van der Waals surface area contributed by atoms with E-state index in [4.69, 9.17) is 9.31 Å². The molecule has 1 aliphatic carbocycles. The minimum Gasteiger partial charge on any atom is -0.519 e. The van der Waals surface area contributed by atoms with E-state index in [1.54, 1.807) is 0 Å². The van der Waals surface area contributed by atoms with Gasteiger partial charge in [0.1, 0.15) is 34.8 Å². The average molecular weight is 838 g/mol. The lowest BCUT2D eigenvalue weighted by atomic mass is 9.74. The summed E-state index contributed by atoms with van der Waals surface area (Å²) < 4.78 is 231. The van der Waals surface area contributed by atoms with Crippen LogP contribution in [0.1, 0.15) is 11.1 Å². The molecule has 1 aliphatic rings. The van der Waals surface area contributed by atoms with Gasteiger partial charge in [0.05, 0.1) is 27.0 Å². The molecule has 9 aromatic rings. The molecule has 0 saturated heterocycles. The first-order valence-corrected chi connectivity index (χ1v) is 17.4. The van der Waals surface area contributed by atoms with Crippen LogP contribution in [0.15, 0.2) is 66.7 Å². The van der Waals surface area contributed by atoms with Crippen molar-refractivity contribution < 1.29 is 70.8 Å². The Kier molecular flexibility index (Phi) is 8.04. The largest absolute Gasteiger partial charge is 0.636 e. The molecule has 10 rings (SSSR count). The Morgan fingerprint density at radius 3 is 1.75 bits per heavy atom. The van der Waals surface area contributed by atoms with E-state index in [-0.39, 0.29) is 10.9 Å². The standard InChI is InChI=1S/C43H13BF14O2/c45-19-5-1-3-14-12-18-26(22(14)19)32(49)39(56)41(58)43(18)60-44(30-17-11-15-4-2-6-20(46)23(15)31(48)27(17)33(50)38(55)37(30)54)59-42-16-9-7-13-8-10-21(47)28-24(13)25(16)29(35(52)34(28)51)36(53)40(42)57/h1-11H,12H2. The number of fused-ring (bicyclic) bond motifs is 5. The van der Waals surface area contributed by atoms with E-state index in [2.05, 4.69) is 0 Å². The molecule has 0 aliphatic heterocycles. The number of hydrogen-bond donors (Lipinski definition) is 0. The van der Waals surface area contributed by atoms with Gasteiger partial charge in [-0.15, -0.1) is 0 Å². The van der Waals surface area contributed by atoms with Crippen molar-refractivity contribution in [2.24, 2.45) is 0 Å². The molecule has 298 valence electrons. The Labute approximate surface area is 325 Å². The van der Waals surface area contributed by atoms with Gasteiger partial charge in [-0.05, 0) is 52.1 Å². The third kappa shape index (κ3) is 4.85. The number of rotatable bonds is 5. The first kappa shape index (κ1) is 37.5. The minimum absolute atomic E-state index is 0.0500. The lowest BCUT2D eigenvalue weighted by Crippen LogP contribution is -2.46. The van der Waals surface area contributed by atoms with Crippen molar-refractivity contribution >= 4 is 66.4 Å². The maximum atomic E-state index is 16.5. The Morgan fingerprint density at radius 2 is 0.983 bits per heavy atom. The smallest absolute Gasteiger partial charge is 0.519 e. The third-order valence-electron chi connectivity index (χ3n) is 10.8. The van der Waals surface area contributed by atoms with Crippen molar-refractivity contribution in [2.75, 3.05) is 0 Å². The molecule has 9 aromatic carbocycles. The van der Waals surface area contributed by atoms with Gasteiger partial charge in [0.2, 0.25) is 5.82 Å². The van der Waals surface area contributed by atoms with Gasteiger partial charge < -0.3 is 9.31 Å². The van der Waals surface area contributed by atoms with E-state index >= 15 is 57.1 Å². The normalized spacial score (nSPS) is 12.4. The second kappa shape index (κ2) is 12.9. The predicted molar refractivity (Wildman–Crippen MR) is 192 cm³/mol. The van der Waals surface area contributed by atoms with Crippen LogP contribution in [0.3, 0.4) is 0 Å². The zero-order valence-electron chi connectivity index (χ0n) is 29.2. The summed E-state index contributed by atoms with van der Waals surface area (Å²) in [6.45, 7) is 0. The lowest BCUT2D eigenvalue weighted by Gasteiger charge is -2.24. The third-order valence-corrected chi connectivity index (χ3v) is 10.8.